The fourth-order valence-electron chi connectivity index (χ4n) is 1.22. The van der Waals surface area contributed by atoms with Gasteiger partial charge in [-0.3, -0.25) is 4.74 Å². The summed E-state index contributed by atoms with van der Waals surface area (Å²) in [7, 11) is 0. The Morgan fingerprint density at radius 1 is 1.05 bits per heavy atom. The van der Waals surface area contributed by atoms with Crippen molar-refractivity contribution in [3.8, 4) is 5.75 Å². The molecule has 1 aromatic rings. The van der Waals surface area contributed by atoms with Crippen LogP contribution in [0.3, 0.4) is 0 Å². The first-order valence-corrected chi connectivity index (χ1v) is 4.92. The molecule has 0 aromatic heterocycles. The van der Waals surface area contributed by atoms with E-state index in [0.29, 0.717) is 12.1 Å². The largest absolute Gasteiger partial charge is 1.00 e. The van der Waals surface area contributed by atoms with Crippen LogP contribution < -0.4 is 61.6 Å². The summed E-state index contributed by atoms with van der Waals surface area (Å²) in [5, 5.41) is 0. The van der Waals surface area contributed by atoms with Gasteiger partial charge in [0.2, 0.25) is 0 Å². The molecule has 0 atom stereocenters. The maximum atomic E-state index is 12.7. The van der Waals surface area contributed by atoms with E-state index in [-0.39, 0.29) is 57.5 Å². The standard InChI is InChI=1S/C9H7BF7O2.K/c11-6-1-2-8(7(5-6)10(15,16)17)18-3-4-19-9(12,13)14;/h1-2,5H,3-4H2;/q-1;+1. The smallest absolute Gasteiger partial charge is 0.494 e. The monoisotopic (exact) mass is 330 g/mol. The van der Waals surface area contributed by atoms with Crippen LogP contribution in [0.1, 0.15) is 0 Å². The molecule has 0 spiro atoms. The van der Waals surface area contributed by atoms with Crippen molar-refractivity contribution in [1.82, 2.24) is 0 Å². The Morgan fingerprint density at radius 2 is 1.65 bits per heavy atom. The average molecular weight is 330 g/mol. The Morgan fingerprint density at radius 3 is 2.15 bits per heavy atom. The van der Waals surface area contributed by atoms with Crippen LogP contribution in [0.2, 0.25) is 0 Å². The third kappa shape index (κ3) is 7.27. The second-order valence-electron chi connectivity index (χ2n) is 3.40. The van der Waals surface area contributed by atoms with E-state index in [1.807, 2.05) is 0 Å². The van der Waals surface area contributed by atoms with Crippen LogP contribution in [-0.2, 0) is 4.74 Å². The molecule has 20 heavy (non-hydrogen) atoms. The van der Waals surface area contributed by atoms with Crippen molar-refractivity contribution in [2.24, 2.45) is 0 Å². The third-order valence-electron chi connectivity index (χ3n) is 1.93. The minimum absolute atomic E-state index is 0. The van der Waals surface area contributed by atoms with E-state index < -0.39 is 43.6 Å². The first-order valence-electron chi connectivity index (χ1n) is 4.92. The van der Waals surface area contributed by atoms with E-state index in [0.717, 1.165) is 0 Å². The molecule has 0 radical (unpaired) electrons. The van der Waals surface area contributed by atoms with Crippen LogP contribution in [0.4, 0.5) is 30.5 Å². The van der Waals surface area contributed by atoms with Crippen molar-refractivity contribution >= 4 is 12.4 Å². The summed E-state index contributed by atoms with van der Waals surface area (Å²) >= 11 is 0. The molecule has 0 aliphatic heterocycles. The normalized spacial score (nSPS) is 11.9. The molecular weight excluding hydrogens is 323 g/mol. The Bertz CT molecular complexity index is 435. The SMILES string of the molecule is Fc1ccc(OCCOC(F)(F)F)c([B-](F)(F)F)c1.[K+]. The van der Waals surface area contributed by atoms with Crippen molar-refractivity contribution in [1.29, 1.82) is 0 Å². The summed E-state index contributed by atoms with van der Waals surface area (Å²) in [6.45, 7) is -7.24. The average Bonchev–Trinajstić information content (AvgIpc) is 2.23. The van der Waals surface area contributed by atoms with Crippen LogP contribution >= 0.6 is 0 Å². The van der Waals surface area contributed by atoms with Crippen molar-refractivity contribution in [2.75, 3.05) is 13.2 Å². The Labute approximate surface area is 152 Å². The Kier molecular flexibility index (Phi) is 8.07. The minimum Gasteiger partial charge on any atom is -0.494 e. The first kappa shape index (κ1) is 20.2. The zero-order valence-electron chi connectivity index (χ0n) is 10.2. The van der Waals surface area contributed by atoms with Crippen LogP contribution in [0, 0.1) is 5.82 Å². The van der Waals surface area contributed by atoms with Crippen LogP contribution in [0.5, 0.6) is 5.75 Å². The molecule has 0 saturated heterocycles. The van der Waals surface area contributed by atoms with E-state index >= 15 is 0 Å². The summed E-state index contributed by atoms with van der Waals surface area (Å²) in [6.07, 6.45) is -4.89. The molecule has 1 aromatic carbocycles. The number of halogens is 7. The van der Waals surface area contributed by atoms with Gasteiger partial charge in [-0.1, -0.05) is 5.46 Å². The summed E-state index contributed by atoms with van der Waals surface area (Å²) in [5.74, 6) is -1.85. The number of hydrogen-bond donors (Lipinski definition) is 0. The van der Waals surface area contributed by atoms with Crippen LogP contribution in [-0.4, -0.2) is 26.6 Å². The third-order valence-corrected chi connectivity index (χ3v) is 1.93. The molecule has 1 rings (SSSR count). The van der Waals surface area contributed by atoms with Gasteiger partial charge >= 0.3 is 64.7 Å². The van der Waals surface area contributed by atoms with Gasteiger partial charge in [0, 0.05) is 0 Å². The quantitative estimate of drug-likeness (QED) is 0.423. The molecule has 0 heterocycles. The summed E-state index contributed by atoms with van der Waals surface area (Å²) in [5.41, 5.74) is -1.34. The molecule has 11 heteroatoms. The van der Waals surface area contributed by atoms with Crippen molar-refractivity contribution < 1.29 is 91.4 Å². The van der Waals surface area contributed by atoms with Gasteiger partial charge in [0.1, 0.15) is 12.4 Å². The van der Waals surface area contributed by atoms with Gasteiger partial charge in [0.25, 0.3) is 0 Å². The summed E-state index contributed by atoms with van der Waals surface area (Å²) < 4.78 is 92.9. The number of rotatable bonds is 5. The summed E-state index contributed by atoms with van der Waals surface area (Å²) in [4.78, 5) is 0. The molecule has 0 fully saturated rings. The zero-order valence-corrected chi connectivity index (χ0v) is 13.3. The number of benzene rings is 1. The predicted molar refractivity (Wildman–Crippen MR) is 52.6 cm³/mol. The van der Waals surface area contributed by atoms with E-state index in [9.17, 15) is 30.5 Å². The molecule has 0 bridgehead atoms. The second kappa shape index (κ2) is 7.99. The molecule has 0 aliphatic carbocycles. The van der Waals surface area contributed by atoms with Gasteiger partial charge in [-0.2, -0.15) is 0 Å². The maximum Gasteiger partial charge on any atom is 1.00 e. The maximum absolute atomic E-state index is 12.7. The molecule has 2 nitrogen and oxygen atoms in total. The van der Waals surface area contributed by atoms with Crippen LogP contribution in [0.25, 0.3) is 0 Å². The Hall–Kier alpha value is 0.191. The molecular formula is C9H7BF7KO2. The van der Waals surface area contributed by atoms with Crippen molar-refractivity contribution in [3.63, 3.8) is 0 Å². The fourth-order valence-corrected chi connectivity index (χ4v) is 1.22. The number of alkyl halides is 3. The van der Waals surface area contributed by atoms with E-state index in [2.05, 4.69) is 9.47 Å². The van der Waals surface area contributed by atoms with Gasteiger partial charge in [-0.15, -0.1) is 13.2 Å². The van der Waals surface area contributed by atoms with E-state index in [4.69, 9.17) is 0 Å². The summed E-state index contributed by atoms with van der Waals surface area (Å²) in [6, 6.07) is 1.64. The van der Waals surface area contributed by atoms with Crippen molar-refractivity contribution in [3.05, 3.63) is 24.0 Å². The van der Waals surface area contributed by atoms with Gasteiger partial charge in [0.15, 0.2) is 0 Å². The molecule has 0 saturated carbocycles. The minimum atomic E-state index is -5.53. The molecule has 0 N–H and O–H groups in total. The molecule has 0 amide bonds. The van der Waals surface area contributed by atoms with Crippen molar-refractivity contribution in [2.45, 2.75) is 6.36 Å². The first-order chi connectivity index (χ1) is 8.59. The number of hydrogen-bond acceptors (Lipinski definition) is 2. The van der Waals surface area contributed by atoms with Gasteiger partial charge in [-0.25, -0.2) is 4.39 Å². The van der Waals surface area contributed by atoms with E-state index in [1.54, 1.807) is 0 Å². The van der Waals surface area contributed by atoms with Crippen LogP contribution in [0.15, 0.2) is 18.2 Å². The zero-order chi connectivity index (χ0) is 14.7. The topological polar surface area (TPSA) is 18.5 Å². The van der Waals surface area contributed by atoms with Gasteiger partial charge in [-0.05, 0) is 18.2 Å². The number of ether oxygens (including phenoxy) is 2. The van der Waals surface area contributed by atoms with Gasteiger partial charge < -0.3 is 17.7 Å². The Balaban J connectivity index is 0.00000361. The van der Waals surface area contributed by atoms with Gasteiger partial charge in [0.05, 0.1) is 12.4 Å². The molecule has 0 unspecified atom stereocenters. The fraction of sp³-hybridized carbons (Fsp3) is 0.333. The predicted octanol–water partition coefficient (Wildman–Crippen LogP) is -0.201. The van der Waals surface area contributed by atoms with E-state index in [1.165, 1.54) is 0 Å². The molecule has 108 valence electrons. The molecule has 0 aliphatic rings. The second-order valence-corrected chi connectivity index (χ2v) is 3.40.